The van der Waals surface area contributed by atoms with Gasteiger partial charge in [-0.3, -0.25) is 0 Å². The van der Waals surface area contributed by atoms with Crippen LogP contribution in [0.4, 0.5) is 0 Å². The minimum Gasteiger partial charge on any atom is -0.388 e. The Morgan fingerprint density at radius 2 is 1.95 bits per heavy atom. The van der Waals surface area contributed by atoms with Crippen molar-refractivity contribution < 1.29 is 5.11 Å². The van der Waals surface area contributed by atoms with E-state index in [1.54, 1.807) is 0 Å². The van der Waals surface area contributed by atoms with Crippen LogP contribution < -0.4 is 0 Å². The molecular weight excluding hydrogens is 246 g/mol. The number of rotatable bonds is 2. The molecule has 2 aliphatic rings. The van der Waals surface area contributed by atoms with Crippen LogP contribution in [0.5, 0.6) is 0 Å². The van der Waals surface area contributed by atoms with Crippen molar-refractivity contribution in [2.75, 3.05) is 0 Å². The van der Waals surface area contributed by atoms with Crippen LogP contribution in [0.2, 0.25) is 0 Å². The average Bonchev–Trinajstić information content (AvgIpc) is 2.67. The van der Waals surface area contributed by atoms with Gasteiger partial charge >= 0.3 is 0 Å². The molecule has 0 bridgehead atoms. The molecule has 0 amide bonds. The number of aromatic nitrogens is 1. The molecule has 1 unspecified atom stereocenters. The van der Waals surface area contributed by atoms with E-state index in [1.165, 1.54) is 55.6 Å². The van der Waals surface area contributed by atoms with E-state index in [-0.39, 0.29) is 11.5 Å². The lowest BCUT2D eigenvalue weighted by atomic mass is 9.75. The fraction of sp³-hybridized carbons (Fsp3) is 0.778. The van der Waals surface area contributed by atoms with Gasteiger partial charge in [-0.1, -0.05) is 33.1 Å². The molecular formula is C18H29NO. The highest BCUT2D eigenvalue weighted by Crippen LogP contribution is 2.42. The molecule has 0 aliphatic heterocycles. The standard InChI is InChI=1S/C18H29NO/c1-13-9-15-16(10-18(2,3)11-17(15)20)19(13)12-14-7-5-4-6-8-14/h9,14,17,20H,4-8,10-12H2,1-3H3. The maximum absolute atomic E-state index is 10.4. The Labute approximate surface area is 123 Å². The lowest BCUT2D eigenvalue weighted by Gasteiger charge is -2.34. The fourth-order valence-corrected chi connectivity index (χ4v) is 4.28. The van der Waals surface area contributed by atoms with Gasteiger partial charge in [-0.15, -0.1) is 0 Å². The number of aryl methyl sites for hydroxylation is 1. The topological polar surface area (TPSA) is 25.2 Å². The molecule has 1 aromatic rings. The third-order valence-electron chi connectivity index (χ3n) is 5.37. The van der Waals surface area contributed by atoms with Gasteiger partial charge in [0.05, 0.1) is 6.10 Å². The van der Waals surface area contributed by atoms with Crippen LogP contribution in [0.25, 0.3) is 0 Å². The van der Waals surface area contributed by atoms with Gasteiger partial charge in [0.1, 0.15) is 0 Å². The summed E-state index contributed by atoms with van der Waals surface area (Å²) in [5, 5.41) is 10.4. The number of aliphatic hydroxyl groups excluding tert-OH is 1. The quantitative estimate of drug-likeness (QED) is 0.851. The van der Waals surface area contributed by atoms with Gasteiger partial charge < -0.3 is 9.67 Å². The lowest BCUT2D eigenvalue weighted by Crippen LogP contribution is -2.28. The van der Waals surface area contributed by atoms with E-state index in [0.717, 1.165) is 18.8 Å². The molecule has 2 nitrogen and oxygen atoms in total. The van der Waals surface area contributed by atoms with E-state index in [1.807, 2.05) is 0 Å². The number of fused-ring (bicyclic) bond motifs is 1. The molecule has 0 radical (unpaired) electrons. The SMILES string of the molecule is Cc1cc2c(n1CC1CCCCC1)CC(C)(C)CC2O. The van der Waals surface area contributed by atoms with Crippen LogP contribution >= 0.6 is 0 Å². The Morgan fingerprint density at radius 1 is 1.25 bits per heavy atom. The predicted molar refractivity (Wildman–Crippen MR) is 82.8 cm³/mol. The number of hydrogen-bond donors (Lipinski definition) is 1. The van der Waals surface area contributed by atoms with Gasteiger partial charge in [0.25, 0.3) is 0 Å². The highest BCUT2D eigenvalue weighted by Gasteiger charge is 2.34. The zero-order chi connectivity index (χ0) is 14.3. The van der Waals surface area contributed by atoms with Crippen molar-refractivity contribution in [1.82, 2.24) is 4.57 Å². The number of nitrogens with zero attached hydrogens (tertiary/aromatic N) is 1. The summed E-state index contributed by atoms with van der Waals surface area (Å²) in [6.07, 6.45) is 8.75. The van der Waals surface area contributed by atoms with Gasteiger partial charge in [0.2, 0.25) is 0 Å². The summed E-state index contributed by atoms with van der Waals surface area (Å²) < 4.78 is 2.52. The van der Waals surface area contributed by atoms with Crippen molar-refractivity contribution in [1.29, 1.82) is 0 Å². The first kappa shape index (κ1) is 14.2. The van der Waals surface area contributed by atoms with Gasteiger partial charge in [-0.05, 0) is 50.0 Å². The van der Waals surface area contributed by atoms with Crippen molar-refractivity contribution in [2.45, 2.75) is 78.4 Å². The highest BCUT2D eigenvalue weighted by molar-refractivity contribution is 5.33. The maximum atomic E-state index is 10.4. The average molecular weight is 275 g/mol. The molecule has 2 aliphatic carbocycles. The second-order valence-electron chi connectivity index (χ2n) is 7.86. The second-order valence-corrected chi connectivity index (χ2v) is 7.86. The van der Waals surface area contributed by atoms with E-state index in [4.69, 9.17) is 0 Å². The predicted octanol–water partition coefficient (Wildman–Crippen LogP) is 4.38. The normalized spacial score (nSPS) is 26.5. The minimum atomic E-state index is -0.264. The highest BCUT2D eigenvalue weighted by atomic mass is 16.3. The van der Waals surface area contributed by atoms with Crippen molar-refractivity contribution >= 4 is 0 Å². The summed E-state index contributed by atoms with van der Waals surface area (Å²) >= 11 is 0. The smallest absolute Gasteiger partial charge is 0.0812 e. The molecule has 0 aromatic carbocycles. The molecule has 20 heavy (non-hydrogen) atoms. The monoisotopic (exact) mass is 275 g/mol. The maximum Gasteiger partial charge on any atom is 0.0812 e. The van der Waals surface area contributed by atoms with E-state index >= 15 is 0 Å². The Morgan fingerprint density at radius 3 is 2.65 bits per heavy atom. The van der Waals surface area contributed by atoms with Crippen LogP contribution in [-0.4, -0.2) is 9.67 Å². The van der Waals surface area contributed by atoms with E-state index in [0.29, 0.717) is 0 Å². The van der Waals surface area contributed by atoms with E-state index < -0.39 is 0 Å². The summed E-state index contributed by atoms with van der Waals surface area (Å²) in [6, 6.07) is 2.23. The molecule has 1 N–H and O–H groups in total. The summed E-state index contributed by atoms with van der Waals surface area (Å²) in [7, 11) is 0. The zero-order valence-electron chi connectivity index (χ0n) is 13.3. The molecule has 1 atom stereocenters. The number of hydrogen-bond acceptors (Lipinski definition) is 1. The van der Waals surface area contributed by atoms with Crippen LogP contribution in [0.15, 0.2) is 6.07 Å². The molecule has 1 heterocycles. The Hall–Kier alpha value is -0.760. The minimum absolute atomic E-state index is 0.224. The number of aliphatic hydroxyl groups is 1. The molecule has 112 valence electrons. The Kier molecular flexibility index (Phi) is 3.70. The Balaban J connectivity index is 1.88. The van der Waals surface area contributed by atoms with Gasteiger partial charge in [-0.2, -0.15) is 0 Å². The largest absolute Gasteiger partial charge is 0.388 e. The molecule has 1 saturated carbocycles. The first-order chi connectivity index (χ1) is 9.46. The van der Waals surface area contributed by atoms with Crippen LogP contribution in [-0.2, 0) is 13.0 Å². The van der Waals surface area contributed by atoms with Crippen molar-refractivity contribution in [2.24, 2.45) is 11.3 Å². The van der Waals surface area contributed by atoms with Crippen molar-refractivity contribution in [3.63, 3.8) is 0 Å². The molecule has 0 spiro atoms. The van der Waals surface area contributed by atoms with Crippen molar-refractivity contribution in [3.05, 3.63) is 23.0 Å². The van der Waals surface area contributed by atoms with Gasteiger partial charge in [0.15, 0.2) is 0 Å². The first-order valence-electron chi connectivity index (χ1n) is 8.33. The molecule has 1 fully saturated rings. The van der Waals surface area contributed by atoms with Crippen molar-refractivity contribution in [3.8, 4) is 0 Å². The van der Waals surface area contributed by atoms with Gasteiger partial charge in [0, 0.05) is 23.5 Å². The molecule has 0 saturated heterocycles. The summed E-state index contributed by atoms with van der Waals surface area (Å²) in [5.74, 6) is 0.848. The van der Waals surface area contributed by atoms with Crippen LogP contribution in [0.3, 0.4) is 0 Å². The zero-order valence-corrected chi connectivity index (χ0v) is 13.3. The molecule has 1 aromatic heterocycles. The second kappa shape index (κ2) is 5.22. The van der Waals surface area contributed by atoms with Crippen LogP contribution in [0.1, 0.15) is 75.4 Å². The van der Waals surface area contributed by atoms with E-state index in [2.05, 4.69) is 31.4 Å². The van der Waals surface area contributed by atoms with Crippen LogP contribution in [0, 0.1) is 18.3 Å². The summed E-state index contributed by atoms with van der Waals surface area (Å²) in [4.78, 5) is 0. The van der Waals surface area contributed by atoms with Gasteiger partial charge in [-0.25, -0.2) is 0 Å². The summed E-state index contributed by atoms with van der Waals surface area (Å²) in [5.41, 5.74) is 4.19. The summed E-state index contributed by atoms with van der Waals surface area (Å²) in [6.45, 7) is 7.95. The first-order valence-corrected chi connectivity index (χ1v) is 8.33. The Bertz CT molecular complexity index is 480. The lowest BCUT2D eigenvalue weighted by molar-refractivity contribution is 0.0974. The third kappa shape index (κ3) is 2.67. The molecule has 2 heteroatoms. The van der Waals surface area contributed by atoms with E-state index in [9.17, 15) is 5.11 Å². The molecule has 3 rings (SSSR count). The fourth-order valence-electron chi connectivity index (χ4n) is 4.28. The third-order valence-corrected chi connectivity index (χ3v) is 5.37.